The van der Waals surface area contributed by atoms with Crippen LogP contribution in [0.5, 0.6) is 0 Å². The van der Waals surface area contributed by atoms with Gasteiger partial charge in [0.25, 0.3) is 5.91 Å². The summed E-state index contributed by atoms with van der Waals surface area (Å²) in [6, 6.07) is 1.94. The molecule has 5 nitrogen and oxygen atoms in total. The third kappa shape index (κ3) is 3.21. The molecule has 1 aromatic heterocycles. The lowest BCUT2D eigenvalue weighted by atomic mass is 10.1. The number of rotatable bonds is 7. The van der Waals surface area contributed by atoms with Crippen LogP contribution < -0.4 is 15.5 Å². The maximum Gasteiger partial charge on any atom is 0.252 e. The largest absolute Gasteiger partial charge is 0.365 e. The van der Waals surface area contributed by atoms with E-state index in [-0.39, 0.29) is 0 Å². The molecule has 0 aliphatic rings. The highest BCUT2D eigenvalue weighted by Gasteiger charge is 2.20. The van der Waals surface area contributed by atoms with Crippen molar-refractivity contribution in [2.24, 2.45) is 5.73 Å². The Kier molecular flexibility index (Phi) is 5.80. The molecule has 0 atom stereocenters. The Morgan fingerprint density at radius 1 is 1.10 bits per heavy atom. The maximum atomic E-state index is 11.7. The predicted molar refractivity (Wildman–Crippen MR) is 84.6 cm³/mol. The number of aromatic nitrogens is 1. The van der Waals surface area contributed by atoms with E-state index in [1.54, 1.807) is 0 Å². The number of aryl methyl sites for hydroxylation is 1. The van der Waals surface area contributed by atoms with Crippen LogP contribution in [0.25, 0.3) is 0 Å². The number of pyridine rings is 1. The Hall–Kier alpha value is -1.78. The molecule has 0 aromatic carbocycles. The van der Waals surface area contributed by atoms with E-state index in [2.05, 4.69) is 42.5 Å². The van der Waals surface area contributed by atoms with Crippen LogP contribution in [0.4, 0.5) is 11.6 Å². The maximum absolute atomic E-state index is 11.7. The van der Waals surface area contributed by atoms with E-state index in [4.69, 9.17) is 5.73 Å². The molecule has 1 amide bonds. The van der Waals surface area contributed by atoms with Crippen molar-refractivity contribution in [1.82, 2.24) is 4.98 Å². The molecule has 20 heavy (non-hydrogen) atoms. The standard InChI is InChI=1S/C15H26N4O/c1-6-18(7-2)12-10-11(5)13(14(16)20)15(17-12)19(8-3)9-4/h10H,6-9H2,1-5H3,(H2,16,20). The first kappa shape index (κ1) is 16.3. The van der Waals surface area contributed by atoms with Crippen LogP contribution in [0.1, 0.15) is 43.6 Å². The van der Waals surface area contributed by atoms with E-state index in [0.29, 0.717) is 11.4 Å². The zero-order valence-corrected chi connectivity index (χ0v) is 13.2. The van der Waals surface area contributed by atoms with Crippen molar-refractivity contribution >= 4 is 17.5 Å². The van der Waals surface area contributed by atoms with Crippen molar-refractivity contribution in [3.05, 3.63) is 17.2 Å². The Bertz CT molecular complexity index is 465. The molecule has 0 saturated heterocycles. The van der Waals surface area contributed by atoms with E-state index in [1.165, 1.54) is 0 Å². The van der Waals surface area contributed by atoms with Gasteiger partial charge in [-0.15, -0.1) is 0 Å². The van der Waals surface area contributed by atoms with Gasteiger partial charge in [-0.1, -0.05) is 0 Å². The summed E-state index contributed by atoms with van der Waals surface area (Å²) in [5.41, 5.74) is 6.95. The van der Waals surface area contributed by atoms with E-state index < -0.39 is 5.91 Å². The number of primary amides is 1. The average molecular weight is 278 g/mol. The fourth-order valence-electron chi connectivity index (χ4n) is 2.40. The molecule has 112 valence electrons. The van der Waals surface area contributed by atoms with Crippen LogP contribution in [0.2, 0.25) is 0 Å². The summed E-state index contributed by atoms with van der Waals surface area (Å²) in [6.07, 6.45) is 0. The van der Waals surface area contributed by atoms with Crippen molar-refractivity contribution in [2.75, 3.05) is 36.0 Å². The van der Waals surface area contributed by atoms with Gasteiger partial charge in [0.2, 0.25) is 0 Å². The average Bonchev–Trinajstić information content (AvgIpc) is 2.40. The Morgan fingerprint density at radius 2 is 1.60 bits per heavy atom. The molecule has 0 aliphatic carbocycles. The number of nitrogens with two attached hydrogens (primary N) is 1. The fourth-order valence-corrected chi connectivity index (χ4v) is 2.40. The first-order valence-corrected chi connectivity index (χ1v) is 7.31. The third-order valence-corrected chi connectivity index (χ3v) is 3.58. The number of hydrogen-bond acceptors (Lipinski definition) is 4. The Morgan fingerprint density at radius 3 is 2.00 bits per heavy atom. The molecule has 0 spiro atoms. The molecule has 1 heterocycles. The number of amides is 1. The van der Waals surface area contributed by atoms with Crippen LogP contribution in [-0.4, -0.2) is 37.1 Å². The van der Waals surface area contributed by atoms with Crippen molar-refractivity contribution in [3.63, 3.8) is 0 Å². The van der Waals surface area contributed by atoms with Gasteiger partial charge in [-0.25, -0.2) is 4.98 Å². The second kappa shape index (κ2) is 7.12. The molecule has 1 rings (SSSR count). The van der Waals surface area contributed by atoms with Gasteiger partial charge in [0.05, 0.1) is 5.56 Å². The normalized spacial score (nSPS) is 10.4. The molecule has 5 heteroatoms. The van der Waals surface area contributed by atoms with Gasteiger partial charge in [-0.05, 0) is 46.2 Å². The molecule has 0 aliphatic heterocycles. The zero-order chi connectivity index (χ0) is 15.3. The lowest BCUT2D eigenvalue weighted by molar-refractivity contribution is 0.1000. The third-order valence-electron chi connectivity index (χ3n) is 3.58. The second-order valence-electron chi connectivity index (χ2n) is 4.70. The lowest BCUT2D eigenvalue weighted by Crippen LogP contribution is -2.30. The first-order valence-electron chi connectivity index (χ1n) is 7.31. The smallest absolute Gasteiger partial charge is 0.252 e. The molecular weight excluding hydrogens is 252 g/mol. The van der Waals surface area contributed by atoms with Gasteiger partial charge in [0.1, 0.15) is 11.6 Å². The van der Waals surface area contributed by atoms with E-state index >= 15 is 0 Å². The van der Waals surface area contributed by atoms with Gasteiger partial charge in [0.15, 0.2) is 0 Å². The number of carbonyl (C=O) groups is 1. The Balaban J connectivity index is 3.46. The summed E-state index contributed by atoms with van der Waals surface area (Å²) in [5.74, 6) is 1.19. The second-order valence-corrected chi connectivity index (χ2v) is 4.70. The predicted octanol–water partition coefficient (Wildman–Crippen LogP) is 2.18. The van der Waals surface area contributed by atoms with Crippen molar-refractivity contribution in [1.29, 1.82) is 0 Å². The molecule has 0 radical (unpaired) electrons. The minimum Gasteiger partial charge on any atom is -0.365 e. The summed E-state index contributed by atoms with van der Waals surface area (Å²) in [6.45, 7) is 13.6. The number of anilines is 2. The van der Waals surface area contributed by atoms with Crippen molar-refractivity contribution < 1.29 is 4.79 Å². The fraction of sp³-hybridized carbons (Fsp3) is 0.600. The quantitative estimate of drug-likeness (QED) is 0.830. The van der Waals surface area contributed by atoms with E-state index in [0.717, 1.165) is 37.6 Å². The molecule has 0 bridgehead atoms. The molecule has 1 aromatic rings. The molecule has 2 N–H and O–H groups in total. The summed E-state index contributed by atoms with van der Waals surface area (Å²) in [5, 5.41) is 0. The van der Waals surface area contributed by atoms with E-state index in [1.807, 2.05) is 13.0 Å². The highest BCUT2D eigenvalue weighted by molar-refractivity contribution is 5.99. The summed E-state index contributed by atoms with van der Waals surface area (Å²) < 4.78 is 0. The summed E-state index contributed by atoms with van der Waals surface area (Å²) in [7, 11) is 0. The SMILES string of the molecule is CCN(CC)c1cc(C)c(C(N)=O)c(N(CC)CC)n1. The molecule has 0 fully saturated rings. The molecule has 0 unspecified atom stereocenters. The molecule has 0 saturated carbocycles. The Labute approximate surface area is 121 Å². The van der Waals surface area contributed by atoms with Crippen LogP contribution in [0.15, 0.2) is 6.07 Å². The monoisotopic (exact) mass is 278 g/mol. The topological polar surface area (TPSA) is 62.5 Å². The van der Waals surface area contributed by atoms with Crippen LogP contribution in [-0.2, 0) is 0 Å². The van der Waals surface area contributed by atoms with Gasteiger partial charge in [0, 0.05) is 26.2 Å². The number of nitrogens with zero attached hydrogens (tertiary/aromatic N) is 3. The number of carbonyl (C=O) groups excluding carboxylic acids is 1. The minimum atomic E-state index is -0.414. The summed E-state index contributed by atoms with van der Waals surface area (Å²) >= 11 is 0. The first-order chi connectivity index (χ1) is 9.49. The minimum absolute atomic E-state index is 0.414. The van der Waals surface area contributed by atoms with Crippen LogP contribution in [0, 0.1) is 6.92 Å². The van der Waals surface area contributed by atoms with Crippen LogP contribution >= 0.6 is 0 Å². The highest BCUT2D eigenvalue weighted by Crippen LogP contribution is 2.26. The summed E-state index contributed by atoms with van der Waals surface area (Å²) in [4.78, 5) is 20.7. The van der Waals surface area contributed by atoms with Crippen molar-refractivity contribution in [3.8, 4) is 0 Å². The number of hydrogen-bond donors (Lipinski definition) is 1. The van der Waals surface area contributed by atoms with Gasteiger partial charge >= 0.3 is 0 Å². The van der Waals surface area contributed by atoms with Gasteiger partial charge in [-0.2, -0.15) is 0 Å². The molecular formula is C15H26N4O. The van der Waals surface area contributed by atoms with Crippen LogP contribution in [0.3, 0.4) is 0 Å². The van der Waals surface area contributed by atoms with Crippen molar-refractivity contribution in [2.45, 2.75) is 34.6 Å². The highest BCUT2D eigenvalue weighted by atomic mass is 16.1. The lowest BCUT2D eigenvalue weighted by Gasteiger charge is -2.27. The zero-order valence-electron chi connectivity index (χ0n) is 13.2. The van der Waals surface area contributed by atoms with Gasteiger partial charge in [-0.3, -0.25) is 4.79 Å². The van der Waals surface area contributed by atoms with E-state index in [9.17, 15) is 4.79 Å². The van der Waals surface area contributed by atoms with Gasteiger partial charge < -0.3 is 15.5 Å².